The quantitative estimate of drug-likeness (QED) is 0.508. The molecule has 0 amide bonds. The molecule has 4 heteroatoms. The molecule has 1 rings (SSSR count). The Kier molecular flexibility index (Phi) is 2.79. The van der Waals surface area contributed by atoms with E-state index in [1.165, 1.54) is 0 Å². The van der Waals surface area contributed by atoms with Crippen molar-refractivity contribution in [1.82, 2.24) is 4.98 Å². The second-order valence-electron chi connectivity index (χ2n) is 1.72. The molecule has 0 spiro atoms. The van der Waals surface area contributed by atoms with Crippen LogP contribution in [0.1, 0.15) is 10.7 Å². The molecule has 0 aromatic carbocycles. The lowest BCUT2D eigenvalue weighted by molar-refractivity contribution is 0.597. The average molecular weight is 174 g/mol. The van der Waals surface area contributed by atoms with Gasteiger partial charge >= 0.3 is 0 Å². The van der Waals surface area contributed by atoms with Crippen molar-refractivity contribution < 1.29 is 4.57 Å². The van der Waals surface area contributed by atoms with Crippen LogP contribution in [0.25, 0.3) is 0 Å². The molecule has 0 radical (unpaired) electrons. The summed E-state index contributed by atoms with van der Waals surface area (Å²) in [5, 5.41) is -0.442. The molecule has 0 aliphatic rings. The Hall–Kier alpha value is -0.460. The first kappa shape index (κ1) is 7.64. The summed E-state index contributed by atoms with van der Waals surface area (Å²) in [6.07, 6.45) is 3.24. The SMILES string of the molecule is O=PC(Cl)c1ccncc1. The molecule has 0 aliphatic carbocycles. The second kappa shape index (κ2) is 3.65. The number of hydrogen-bond acceptors (Lipinski definition) is 2. The zero-order chi connectivity index (χ0) is 7.40. The Labute approximate surface area is 65.4 Å². The predicted molar refractivity (Wildman–Crippen MR) is 40.4 cm³/mol. The molecule has 0 saturated carbocycles. The van der Waals surface area contributed by atoms with Crippen molar-refractivity contribution in [3.8, 4) is 0 Å². The summed E-state index contributed by atoms with van der Waals surface area (Å²) < 4.78 is 10.3. The molecule has 52 valence electrons. The first-order valence-electron chi connectivity index (χ1n) is 2.71. The fourth-order valence-corrected chi connectivity index (χ4v) is 1.02. The van der Waals surface area contributed by atoms with Gasteiger partial charge in [0.15, 0.2) is 8.46 Å². The highest BCUT2D eigenvalue weighted by molar-refractivity contribution is 7.27. The van der Waals surface area contributed by atoms with E-state index in [4.69, 9.17) is 11.6 Å². The average Bonchev–Trinajstić information content (AvgIpc) is 2.05. The number of alkyl halides is 1. The molecule has 1 aromatic heterocycles. The highest BCUT2D eigenvalue weighted by Crippen LogP contribution is 2.29. The molecule has 0 saturated heterocycles. The molecule has 1 heterocycles. The summed E-state index contributed by atoms with van der Waals surface area (Å²) in [4.78, 5) is 3.80. The standard InChI is InChI=1S/C6H5ClNOP/c7-6(10-9)5-1-3-8-4-2-5/h1-4,6H. The summed E-state index contributed by atoms with van der Waals surface area (Å²) in [5.41, 5.74) is 0.827. The van der Waals surface area contributed by atoms with Gasteiger partial charge in [-0.15, -0.1) is 11.6 Å². The van der Waals surface area contributed by atoms with Gasteiger partial charge in [0.2, 0.25) is 0 Å². The molecule has 0 bridgehead atoms. The van der Waals surface area contributed by atoms with Crippen LogP contribution in [0.15, 0.2) is 24.5 Å². The minimum atomic E-state index is -0.442. The fourth-order valence-electron chi connectivity index (χ4n) is 0.583. The first-order chi connectivity index (χ1) is 4.84. The van der Waals surface area contributed by atoms with Crippen LogP contribution < -0.4 is 0 Å². The lowest BCUT2D eigenvalue weighted by atomic mass is 10.3. The van der Waals surface area contributed by atoms with Gasteiger partial charge in [-0.1, -0.05) is 0 Å². The topological polar surface area (TPSA) is 30.0 Å². The molecular weight excluding hydrogens is 168 g/mol. The largest absolute Gasteiger partial charge is 0.273 e. The molecule has 0 fully saturated rings. The van der Waals surface area contributed by atoms with Crippen LogP contribution >= 0.6 is 20.1 Å². The third kappa shape index (κ3) is 1.76. The zero-order valence-electron chi connectivity index (χ0n) is 5.07. The van der Waals surface area contributed by atoms with Gasteiger partial charge in [-0.2, -0.15) is 0 Å². The normalized spacial score (nSPS) is 13.3. The van der Waals surface area contributed by atoms with E-state index < -0.39 is 5.12 Å². The minimum absolute atomic E-state index is 0.0689. The second-order valence-corrected chi connectivity index (χ2v) is 3.19. The van der Waals surface area contributed by atoms with Crippen molar-refractivity contribution >= 4 is 20.1 Å². The lowest BCUT2D eigenvalue weighted by Gasteiger charge is -1.96. The van der Waals surface area contributed by atoms with Gasteiger partial charge in [0, 0.05) is 12.4 Å². The summed E-state index contributed by atoms with van der Waals surface area (Å²) >= 11 is 5.64. The summed E-state index contributed by atoms with van der Waals surface area (Å²) in [6.45, 7) is 0. The zero-order valence-corrected chi connectivity index (χ0v) is 6.72. The van der Waals surface area contributed by atoms with Gasteiger partial charge in [0.25, 0.3) is 0 Å². The van der Waals surface area contributed by atoms with Crippen molar-refractivity contribution in [2.75, 3.05) is 0 Å². The Bertz CT molecular complexity index is 216. The van der Waals surface area contributed by atoms with Crippen molar-refractivity contribution in [1.29, 1.82) is 0 Å². The van der Waals surface area contributed by atoms with Gasteiger partial charge in [-0.05, 0) is 17.7 Å². The minimum Gasteiger partial charge on any atom is -0.273 e. The van der Waals surface area contributed by atoms with E-state index >= 15 is 0 Å². The first-order valence-corrected chi connectivity index (χ1v) is 4.03. The predicted octanol–water partition coefficient (Wildman–Crippen LogP) is 2.61. The molecule has 0 N–H and O–H groups in total. The number of rotatable bonds is 2. The van der Waals surface area contributed by atoms with E-state index in [2.05, 4.69) is 4.98 Å². The van der Waals surface area contributed by atoms with Crippen molar-refractivity contribution in [3.63, 3.8) is 0 Å². The molecule has 2 nitrogen and oxygen atoms in total. The van der Waals surface area contributed by atoms with Gasteiger partial charge in [0.1, 0.15) is 5.12 Å². The monoisotopic (exact) mass is 173 g/mol. The van der Waals surface area contributed by atoms with Crippen LogP contribution in [0, 0.1) is 0 Å². The van der Waals surface area contributed by atoms with E-state index in [0.29, 0.717) is 0 Å². The van der Waals surface area contributed by atoms with Crippen LogP contribution in [-0.2, 0) is 4.57 Å². The number of halogens is 1. The van der Waals surface area contributed by atoms with Crippen LogP contribution in [0.3, 0.4) is 0 Å². The van der Waals surface area contributed by atoms with E-state index in [9.17, 15) is 4.57 Å². The Balaban J connectivity index is 2.84. The van der Waals surface area contributed by atoms with Gasteiger partial charge in [0.05, 0.1) is 0 Å². The molecular formula is C6H5ClNOP. The number of hydrogen-bond donors (Lipinski definition) is 0. The third-order valence-electron chi connectivity index (χ3n) is 1.07. The molecule has 1 aromatic rings. The highest BCUT2D eigenvalue weighted by Gasteiger charge is 2.04. The molecule has 0 aliphatic heterocycles. The van der Waals surface area contributed by atoms with Crippen LogP contribution in [0.4, 0.5) is 0 Å². The molecule has 1 unspecified atom stereocenters. The van der Waals surface area contributed by atoms with Gasteiger partial charge in [-0.25, -0.2) is 0 Å². The van der Waals surface area contributed by atoms with Crippen LogP contribution in [0.5, 0.6) is 0 Å². The van der Waals surface area contributed by atoms with E-state index in [1.54, 1.807) is 24.5 Å². The number of aromatic nitrogens is 1. The van der Waals surface area contributed by atoms with E-state index in [0.717, 1.165) is 5.56 Å². The lowest BCUT2D eigenvalue weighted by Crippen LogP contribution is -1.79. The Morgan fingerprint density at radius 1 is 1.50 bits per heavy atom. The maximum atomic E-state index is 10.3. The Morgan fingerprint density at radius 3 is 2.60 bits per heavy atom. The summed E-state index contributed by atoms with van der Waals surface area (Å²) in [6, 6.07) is 3.48. The van der Waals surface area contributed by atoms with Crippen LogP contribution in [-0.4, -0.2) is 4.98 Å². The van der Waals surface area contributed by atoms with Crippen LogP contribution in [0.2, 0.25) is 0 Å². The van der Waals surface area contributed by atoms with Crippen molar-refractivity contribution in [2.24, 2.45) is 0 Å². The van der Waals surface area contributed by atoms with Gasteiger partial charge < -0.3 is 0 Å². The van der Waals surface area contributed by atoms with E-state index in [-0.39, 0.29) is 8.46 Å². The number of nitrogens with zero attached hydrogens (tertiary/aromatic N) is 1. The van der Waals surface area contributed by atoms with Crippen molar-refractivity contribution in [2.45, 2.75) is 5.12 Å². The third-order valence-corrected chi connectivity index (χ3v) is 2.05. The van der Waals surface area contributed by atoms with E-state index in [1.807, 2.05) is 0 Å². The summed E-state index contributed by atoms with van der Waals surface area (Å²) in [5.74, 6) is 0. The maximum Gasteiger partial charge on any atom is 0.179 e. The Morgan fingerprint density at radius 2 is 2.10 bits per heavy atom. The smallest absolute Gasteiger partial charge is 0.179 e. The van der Waals surface area contributed by atoms with Crippen molar-refractivity contribution in [3.05, 3.63) is 30.1 Å². The maximum absolute atomic E-state index is 10.3. The molecule has 10 heavy (non-hydrogen) atoms. The summed E-state index contributed by atoms with van der Waals surface area (Å²) in [7, 11) is -0.0689. The van der Waals surface area contributed by atoms with Gasteiger partial charge in [-0.3, -0.25) is 9.55 Å². The molecule has 1 atom stereocenters. The fraction of sp³-hybridized carbons (Fsp3) is 0.167. The number of pyridine rings is 1. The highest BCUT2D eigenvalue weighted by atomic mass is 35.5.